The number of nitrogens with one attached hydrogen (secondary N) is 2. The van der Waals surface area contributed by atoms with E-state index < -0.39 is 6.10 Å². The first-order valence-corrected chi connectivity index (χ1v) is 14.7. The number of halogens is 1. The number of carbonyl (C=O) groups excluding carboxylic acids is 2. The minimum atomic E-state index is -0.724. The number of rotatable bonds is 9. The molecule has 1 fully saturated rings. The standard InChI is InChI=1S/C30H37ClN8O5/c1-15-11-33-22(17(3)25(15)43-5)14-39-27-24(26(31)36-30(32)37-27)20(29(39)42)10-21-16(2)23(18(4)35-21)28(41)34-12-19(40)13-38-6-8-44-9-7-38/h10-11,19,35,40H,6-9,12-14H2,1-5H3,(H,34,41)(H2,32,36,37)/b20-10+. The number of nitrogen functional groups attached to an aromatic ring is 1. The van der Waals surface area contributed by atoms with Gasteiger partial charge in [0.2, 0.25) is 5.95 Å². The molecule has 14 heteroatoms. The van der Waals surface area contributed by atoms with Crippen molar-refractivity contribution in [2.75, 3.05) is 57.1 Å². The Bertz CT molecular complexity index is 1630. The Labute approximate surface area is 260 Å². The van der Waals surface area contributed by atoms with Crippen LogP contribution in [0.25, 0.3) is 11.6 Å². The molecule has 0 aliphatic carbocycles. The third-order valence-corrected chi connectivity index (χ3v) is 8.26. The zero-order chi connectivity index (χ0) is 31.7. The summed E-state index contributed by atoms with van der Waals surface area (Å²) in [4.78, 5) is 46.9. The van der Waals surface area contributed by atoms with Crippen molar-refractivity contribution in [1.29, 1.82) is 0 Å². The Balaban J connectivity index is 1.42. The third-order valence-electron chi connectivity index (χ3n) is 7.98. The molecule has 1 unspecified atom stereocenters. The van der Waals surface area contributed by atoms with Crippen molar-refractivity contribution in [2.24, 2.45) is 0 Å². The number of carbonyl (C=O) groups is 2. The molecule has 5 N–H and O–H groups in total. The van der Waals surface area contributed by atoms with E-state index in [0.717, 1.165) is 24.2 Å². The molecule has 234 valence electrons. The highest BCUT2D eigenvalue weighted by Gasteiger charge is 2.38. The van der Waals surface area contributed by atoms with E-state index >= 15 is 0 Å². The van der Waals surface area contributed by atoms with Crippen LogP contribution in [-0.2, 0) is 16.1 Å². The summed E-state index contributed by atoms with van der Waals surface area (Å²) in [6.07, 6.45) is 2.62. The second kappa shape index (κ2) is 12.9. The predicted octanol–water partition coefficient (Wildman–Crippen LogP) is 2.19. The molecule has 1 atom stereocenters. The topological polar surface area (TPSA) is 172 Å². The SMILES string of the molecule is COc1c(C)cnc(CN2C(=O)/C(=C/c3[nH]c(C)c(C(=O)NCC(O)CN4CCOCC4)c3C)c3c(Cl)nc(N)nc32)c1C. The van der Waals surface area contributed by atoms with E-state index in [1.807, 2.05) is 13.8 Å². The van der Waals surface area contributed by atoms with Crippen LogP contribution in [0, 0.1) is 27.7 Å². The highest BCUT2D eigenvalue weighted by atomic mass is 35.5. The van der Waals surface area contributed by atoms with Gasteiger partial charge in [-0.2, -0.15) is 4.98 Å². The number of fused-ring (bicyclic) bond motifs is 1. The molecule has 2 aliphatic heterocycles. The smallest absolute Gasteiger partial charge is 0.260 e. The number of amides is 2. The Kier molecular flexibility index (Phi) is 9.20. The second-order valence-corrected chi connectivity index (χ2v) is 11.4. The van der Waals surface area contributed by atoms with Gasteiger partial charge in [0, 0.05) is 54.9 Å². The number of aryl methyl sites for hydroxylation is 2. The van der Waals surface area contributed by atoms with Gasteiger partial charge < -0.3 is 30.6 Å². The van der Waals surface area contributed by atoms with E-state index in [2.05, 4.69) is 30.2 Å². The molecule has 5 heterocycles. The van der Waals surface area contributed by atoms with Gasteiger partial charge in [-0.3, -0.25) is 24.4 Å². The van der Waals surface area contributed by atoms with Crippen LogP contribution in [0.2, 0.25) is 5.15 Å². The molecule has 13 nitrogen and oxygen atoms in total. The maximum Gasteiger partial charge on any atom is 0.260 e. The Hall–Kier alpha value is -4.04. The molecule has 5 rings (SSSR count). The fourth-order valence-electron chi connectivity index (χ4n) is 5.72. The van der Waals surface area contributed by atoms with Gasteiger partial charge in [0.1, 0.15) is 10.9 Å². The van der Waals surface area contributed by atoms with Crippen molar-refractivity contribution in [3.8, 4) is 5.75 Å². The van der Waals surface area contributed by atoms with E-state index in [1.165, 1.54) is 4.90 Å². The Morgan fingerprint density at radius 2 is 1.98 bits per heavy atom. The van der Waals surface area contributed by atoms with Crippen LogP contribution >= 0.6 is 11.6 Å². The van der Waals surface area contributed by atoms with Crippen LogP contribution in [0.15, 0.2) is 6.20 Å². The molecular weight excluding hydrogens is 588 g/mol. The van der Waals surface area contributed by atoms with Crippen LogP contribution in [0.1, 0.15) is 49.7 Å². The molecule has 0 bridgehead atoms. The molecule has 44 heavy (non-hydrogen) atoms. The van der Waals surface area contributed by atoms with Crippen molar-refractivity contribution < 1.29 is 24.2 Å². The summed E-state index contributed by atoms with van der Waals surface area (Å²) >= 11 is 6.54. The number of anilines is 2. The van der Waals surface area contributed by atoms with Gasteiger partial charge in [-0.25, -0.2) is 4.98 Å². The number of methoxy groups -OCH3 is 1. The number of pyridine rings is 1. The fraction of sp³-hybridized carbons (Fsp3) is 0.433. The average molecular weight is 625 g/mol. The summed E-state index contributed by atoms with van der Waals surface area (Å²) in [5.41, 5.74) is 11.1. The number of aromatic amines is 1. The number of aliphatic hydroxyl groups excluding tert-OH is 1. The Morgan fingerprint density at radius 1 is 1.25 bits per heavy atom. The Morgan fingerprint density at radius 3 is 2.68 bits per heavy atom. The van der Waals surface area contributed by atoms with Gasteiger partial charge in [0.15, 0.2) is 5.82 Å². The highest BCUT2D eigenvalue weighted by Crippen LogP contribution is 2.42. The van der Waals surface area contributed by atoms with Crippen molar-refractivity contribution in [3.63, 3.8) is 0 Å². The molecule has 2 aliphatic rings. The van der Waals surface area contributed by atoms with E-state index in [-0.39, 0.29) is 47.4 Å². The summed E-state index contributed by atoms with van der Waals surface area (Å²) in [7, 11) is 1.59. The lowest BCUT2D eigenvalue weighted by atomic mass is 10.1. The summed E-state index contributed by atoms with van der Waals surface area (Å²) in [6.45, 7) is 10.7. The molecule has 2 amide bonds. The number of hydrogen-bond donors (Lipinski definition) is 4. The molecule has 0 spiro atoms. The van der Waals surface area contributed by atoms with Gasteiger partial charge in [0.25, 0.3) is 11.8 Å². The van der Waals surface area contributed by atoms with E-state index in [1.54, 1.807) is 33.2 Å². The number of morpholine rings is 1. The normalized spacial score (nSPS) is 16.8. The highest BCUT2D eigenvalue weighted by molar-refractivity contribution is 6.41. The molecule has 3 aromatic heterocycles. The van der Waals surface area contributed by atoms with Crippen LogP contribution in [0.3, 0.4) is 0 Å². The summed E-state index contributed by atoms with van der Waals surface area (Å²) in [5.74, 6) is 0.195. The first kappa shape index (κ1) is 31.4. The van der Waals surface area contributed by atoms with Crippen LogP contribution in [-0.4, -0.2) is 94.4 Å². The average Bonchev–Trinajstić information content (AvgIpc) is 3.41. The predicted molar refractivity (Wildman–Crippen MR) is 167 cm³/mol. The number of H-pyrrole nitrogens is 1. The first-order chi connectivity index (χ1) is 21.0. The molecule has 1 saturated heterocycles. The zero-order valence-electron chi connectivity index (χ0n) is 25.5. The van der Waals surface area contributed by atoms with Crippen LogP contribution < -0.4 is 20.7 Å². The lowest BCUT2D eigenvalue weighted by Gasteiger charge is -2.28. The van der Waals surface area contributed by atoms with Crippen molar-refractivity contribution in [3.05, 3.63) is 56.2 Å². The van der Waals surface area contributed by atoms with Crippen molar-refractivity contribution >= 4 is 46.8 Å². The summed E-state index contributed by atoms with van der Waals surface area (Å²) in [6, 6.07) is 0. The minimum absolute atomic E-state index is 0.0360. The van der Waals surface area contributed by atoms with E-state index in [9.17, 15) is 14.7 Å². The minimum Gasteiger partial charge on any atom is -0.496 e. The molecule has 0 radical (unpaired) electrons. The number of nitrogens with two attached hydrogens (primary N) is 1. The van der Waals surface area contributed by atoms with Gasteiger partial charge in [-0.05, 0) is 39.3 Å². The molecular formula is C30H37ClN8O5. The largest absolute Gasteiger partial charge is 0.496 e. The monoisotopic (exact) mass is 624 g/mol. The van der Waals surface area contributed by atoms with Gasteiger partial charge in [0.05, 0.1) is 55.4 Å². The lowest BCUT2D eigenvalue weighted by Crippen LogP contribution is -2.44. The molecule has 0 aromatic carbocycles. The maximum atomic E-state index is 13.9. The summed E-state index contributed by atoms with van der Waals surface area (Å²) in [5, 5.41) is 13.4. The fourth-order valence-corrected chi connectivity index (χ4v) is 6.00. The van der Waals surface area contributed by atoms with Gasteiger partial charge in [-0.1, -0.05) is 11.6 Å². The van der Waals surface area contributed by atoms with Crippen molar-refractivity contribution in [2.45, 2.75) is 40.3 Å². The molecule has 3 aromatic rings. The van der Waals surface area contributed by atoms with E-state index in [0.29, 0.717) is 59.3 Å². The third kappa shape index (κ3) is 6.13. The van der Waals surface area contributed by atoms with Gasteiger partial charge in [-0.15, -0.1) is 0 Å². The number of nitrogens with zero attached hydrogens (tertiary/aromatic N) is 5. The van der Waals surface area contributed by atoms with Crippen LogP contribution in [0.4, 0.5) is 11.8 Å². The van der Waals surface area contributed by atoms with E-state index in [4.69, 9.17) is 26.8 Å². The number of aliphatic hydroxyl groups is 1. The second-order valence-electron chi connectivity index (χ2n) is 11.0. The quantitative estimate of drug-likeness (QED) is 0.204. The zero-order valence-corrected chi connectivity index (χ0v) is 26.2. The molecule has 0 saturated carbocycles. The van der Waals surface area contributed by atoms with Crippen LogP contribution in [0.5, 0.6) is 5.75 Å². The number of aromatic nitrogens is 4. The number of hydrogen-bond acceptors (Lipinski definition) is 10. The first-order valence-electron chi connectivity index (χ1n) is 14.3. The maximum absolute atomic E-state index is 13.9. The van der Waals surface area contributed by atoms with Crippen molar-refractivity contribution in [1.82, 2.24) is 30.2 Å². The lowest BCUT2D eigenvalue weighted by molar-refractivity contribution is -0.113. The number of ether oxygens (including phenoxy) is 2. The number of β-amino-alcohol motifs (C(OH)–C–C–N with tert-alkyl or cyclic N) is 1. The summed E-state index contributed by atoms with van der Waals surface area (Å²) < 4.78 is 10.9. The van der Waals surface area contributed by atoms with Gasteiger partial charge >= 0.3 is 0 Å².